The van der Waals surface area contributed by atoms with Crippen LogP contribution in [0.5, 0.6) is 0 Å². The zero-order valence-electron chi connectivity index (χ0n) is 10.7. The lowest BCUT2D eigenvalue weighted by Gasteiger charge is -2.40. The number of furan rings is 1. The van der Waals surface area contributed by atoms with Gasteiger partial charge in [0.25, 0.3) is 0 Å². The number of halogens is 2. The van der Waals surface area contributed by atoms with Crippen molar-refractivity contribution in [3.63, 3.8) is 0 Å². The largest absolute Gasteiger partial charge is 0.468 e. The van der Waals surface area contributed by atoms with Gasteiger partial charge in [-0.2, -0.15) is 0 Å². The summed E-state index contributed by atoms with van der Waals surface area (Å²) in [6.45, 7) is 6.78. The van der Waals surface area contributed by atoms with Gasteiger partial charge >= 0.3 is 0 Å². The smallest absolute Gasteiger partial charge is 0.123 e. The van der Waals surface area contributed by atoms with Gasteiger partial charge in [-0.15, -0.1) is 11.6 Å². The average Bonchev–Trinajstić information content (AvgIpc) is 2.64. The van der Waals surface area contributed by atoms with Gasteiger partial charge in [0.15, 0.2) is 0 Å². The lowest BCUT2D eigenvalue weighted by Crippen LogP contribution is -2.38. The first-order valence-corrected chi connectivity index (χ1v) is 7.53. The molecule has 1 heterocycles. The lowest BCUT2D eigenvalue weighted by molar-refractivity contribution is 0.184. The molecule has 0 bridgehead atoms. The van der Waals surface area contributed by atoms with E-state index in [1.54, 1.807) is 6.26 Å². The van der Waals surface area contributed by atoms with Crippen LogP contribution in [0.1, 0.15) is 45.8 Å². The fourth-order valence-electron chi connectivity index (χ4n) is 3.05. The van der Waals surface area contributed by atoms with Gasteiger partial charge in [0.1, 0.15) is 5.76 Å². The maximum absolute atomic E-state index is 6.57. The summed E-state index contributed by atoms with van der Waals surface area (Å²) >= 11 is 10.1. The van der Waals surface area contributed by atoms with E-state index in [2.05, 4.69) is 36.7 Å². The molecular formula is C14H20BrClO. The number of hydrogen-bond donors (Lipinski definition) is 0. The molecule has 17 heavy (non-hydrogen) atoms. The molecule has 0 saturated heterocycles. The summed E-state index contributed by atoms with van der Waals surface area (Å²) in [6.07, 6.45) is 5.33. The van der Waals surface area contributed by atoms with Crippen LogP contribution in [0.4, 0.5) is 0 Å². The van der Waals surface area contributed by atoms with Gasteiger partial charge in [-0.25, -0.2) is 0 Å². The lowest BCUT2D eigenvalue weighted by atomic mass is 9.67. The molecule has 3 heteroatoms. The molecule has 96 valence electrons. The van der Waals surface area contributed by atoms with Gasteiger partial charge in [0, 0.05) is 10.8 Å². The Labute approximate surface area is 117 Å². The highest BCUT2D eigenvalue weighted by molar-refractivity contribution is 9.10. The Morgan fingerprint density at radius 3 is 2.65 bits per heavy atom. The summed E-state index contributed by atoms with van der Waals surface area (Å²) in [5, 5.41) is 0.255. The Balaban J connectivity index is 2.24. The van der Waals surface area contributed by atoms with E-state index in [0.717, 1.165) is 22.6 Å². The maximum Gasteiger partial charge on any atom is 0.123 e. The number of rotatable bonds is 2. The summed E-state index contributed by atoms with van der Waals surface area (Å²) in [4.78, 5) is 0. The molecule has 0 radical (unpaired) electrons. The number of alkyl halides is 1. The highest BCUT2D eigenvalue weighted by Crippen LogP contribution is 2.46. The van der Waals surface area contributed by atoms with E-state index in [0.29, 0.717) is 5.92 Å². The summed E-state index contributed by atoms with van der Waals surface area (Å²) in [7, 11) is 0. The Bertz CT molecular complexity index is 385. The minimum Gasteiger partial charge on any atom is -0.468 e. The molecule has 2 rings (SSSR count). The summed E-state index contributed by atoms with van der Waals surface area (Å²) in [5.41, 5.74) is -0.00507. The SMILES string of the molecule is CC1CCC(C(C)(C)c2occc2Br)C(Cl)C1. The maximum atomic E-state index is 6.57. The predicted octanol–water partition coefficient (Wildman–Crippen LogP) is 5.36. The molecule has 0 aliphatic heterocycles. The van der Waals surface area contributed by atoms with Crippen molar-refractivity contribution in [3.8, 4) is 0 Å². The van der Waals surface area contributed by atoms with E-state index in [1.807, 2.05) is 6.07 Å². The standard InChI is InChI=1S/C14H20BrClO/c1-9-4-5-10(12(16)8-9)14(2,3)13-11(15)6-7-17-13/h6-7,9-10,12H,4-5,8H2,1-3H3. The van der Waals surface area contributed by atoms with E-state index in [9.17, 15) is 0 Å². The molecule has 0 N–H and O–H groups in total. The molecule has 1 aromatic heterocycles. The summed E-state index contributed by atoms with van der Waals surface area (Å²) in [6, 6.07) is 1.96. The fourth-order valence-corrected chi connectivity index (χ4v) is 4.50. The molecular weight excluding hydrogens is 300 g/mol. The average molecular weight is 320 g/mol. The van der Waals surface area contributed by atoms with Gasteiger partial charge in [-0.3, -0.25) is 0 Å². The van der Waals surface area contributed by atoms with Crippen molar-refractivity contribution in [2.75, 3.05) is 0 Å². The first-order chi connectivity index (χ1) is 7.93. The van der Waals surface area contributed by atoms with E-state index in [4.69, 9.17) is 16.0 Å². The van der Waals surface area contributed by atoms with Crippen molar-refractivity contribution < 1.29 is 4.42 Å². The van der Waals surface area contributed by atoms with Crippen LogP contribution in [0.3, 0.4) is 0 Å². The van der Waals surface area contributed by atoms with Crippen LogP contribution in [-0.2, 0) is 5.41 Å². The molecule has 3 atom stereocenters. The first kappa shape index (κ1) is 13.5. The highest BCUT2D eigenvalue weighted by Gasteiger charge is 2.41. The molecule has 1 aliphatic rings. The first-order valence-electron chi connectivity index (χ1n) is 6.30. The van der Waals surface area contributed by atoms with Crippen molar-refractivity contribution in [3.05, 3.63) is 22.6 Å². The fraction of sp³-hybridized carbons (Fsp3) is 0.714. The van der Waals surface area contributed by atoms with Crippen molar-refractivity contribution in [1.82, 2.24) is 0 Å². The normalized spacial score (nSPS) is 30.5. The van der Waals surface area contributed by atoms with Gasteiger partial charge in [-0.1, -0.05) is 27.2 Å². The second kappa shape index (κ2) is 4.97. The van der Waals surface area contributed by atoms with Gasteiger partial charge < -0.3 is 4.42 Å². The van der Waals surface area contributed by atoms with Crippen LogP contribution in [0.25, 0.3) is 0 Å². The van der Waals surface area contributed by atoms with Crippen LogP contribution < -0.4 is 0 Å². The van der Waals surface area contributed by atoms with E-state index in [-0.39, 0.29) is 10.8 Å². The topological polar surface area (TPSA) is 13.1 Å². The van der Waals surface area contributed by atoms with Crippen molar-refractivity contribution in [2.24, 2.45) is 11.8 Å². The predicted molar refractivity (Wildman–Crippen MR) is 75.6 cm³/mol. The Kier molecular flexibility index (Phi) is 3.94. The molecule has 1 saturated carbocycles. The quantitative estimate of drug-likeness (QED) is 0.668. The summed E-state index contributed by atoms with van der Waals surface area (Å²) in [5.74, 6) is 2.27. The number of hydrogen-bond acceptors (Lipinski definition) is 1. The Morgan fingerprint density at radius 2 is 2.12 bits per heavy atom. The molecule has 0 spiro atoms. The highest BCUT2D eigenvalue weighted by atomic mass is 79.9. The monoisotopic (exact) mass is 318 g/mol. The van der Waals surface area contributed by atoms with Crippen LogP contribution in [0, 0.1) is 11.8 Å². The third kappa shape index (κ3) is 2.58. The molecule has 1 aromatic rings. The third-order valence-corrected chi connectivity index (χ3v) is 5.27. The summed E-state index contributed by atoms with van der Waals surface area (Å²) < 4.78 is 6.71. The van der Waals surface area contributed by atoms with E-state index < -0.39 is 0 Å². The van der Waals surface area contributed by atoms with E-state index >= 15 is 0 Å². The zero-order valence-corrected chi connectivity index (χ0v) is 13.0. The van der Waals surface area contributed by atoms with Crippen LogP contribution in [0.15, 0.2) is 21.2 Å². The van der Waals surface area contributed by atoms with Gasteiger partial charge in [0.2, 0.25) is 0 Å². The van der Waals surface area contributed by atoms with E-state index in [1.165, 1.54) is 12.8 Å². The zero-order chi connectivity index (χ0) is 12.6. The molecule has 0 amide bonds. The molecule has 1 nitrogen and oxygen atoms in total. The molecule has 3 unspecified atom stereocenters. The second-order valence-electron chi connectivity index (χ2n) is 5.86. The van der Waals surface area contributed by atoms with Crippen molar-refractivity contribution >= 4 is 27.5 Å². The minimum absolute atomic E-state index is 0.00507. The van der Waals surface area contributed by atoms with Crippen molar-refractivity contribution in [1.29, 1.82) is 0 Å². The Hall–Kier alpha value is 0.0500. The van der Waals surface area contributed by atoms with Gasteiger partial charge in [0.05, 0.1) is 10.7 Å². The van der Waals surface area contributed by atoms with Gasteiger partial charge in [-0.05, 0) is 46.7 Å². The molecule has 1 fully saturated rings. The van der Waals surface area contributed by atoms with Crippen molar-refractivity contribution in [2.45, 2.75) is 50.8 Å². The minimum atomic E-state index is -0.00507. The van der Waals surface area contributed by atoms with Crippen LogP contribution >= 0.6 is 27.5 Å². The third-order valence-electron chi connectivity index (χ3n) is 4.16. The second-order valence-corrected chi connectivity index (χ2v) is 7.27. The van der Waals surface area contributed by atoms with Crippen LogP contribution in [-0.4, -0.2) is 5.38 Å². The Morgan fingerprint density at radius 1 is 1.41 bits per heavy atom. The molecule has 1 aliphatic carbocycles. The van der Waals surface area contributed by atoms with Crippen LogP contribution in [0.2, 0.25) is 0 Å². The molecule has 0 aromatic carbocycles.